The van der Waals surface area contributed by atoms with Crippen molar-refractivity contribution in [3.05, 3.63) is 254 Å². The third kappa shape index (κ3) is 52.6. The van der Waals surface area contributed by atoms with Crippen LogP contribution in [0, 0.1) is 106 Å². The maximum Gasteiger partial charge on any atom is 2.00 e. The van der Waals surface area contributed by atoms with Crippen molar-refractivity contribution in [1.82, 2.24) is 0 Å². The van der Waals surface area contributed by atoms with Crippen molar-refractivity contribution >= 4 is 70.7 Å². The summed E-state index contributed by atoms with van der Waals surface area (Å²) in [6.07, 6.45) is 111. The van der Waals surface area contributed by atoms with Gasteiger partial charge >= 0.3 is 34.1 Å². The van der Waals surface area contributed by atoms with E-state index in [9.17, 15) is 0 Å². The van der Waals surface area contributed by atoms with E-state index in [0.29, 0.717) is 0 Å². The summed E-state index contributed by atoms with van der Waals surface area (Å²) in [6, 6.07) is 88.4. The summed E-state index contributed by atoms with van der Waals surface area (Å²) < 4.78 is 0. The summed E-state index contributed by atoms with van der Waals surface area (Å²) in [5, 5.41) is 0. The fraction of sp³-hybridized carbons (Fsp3) is 0.676. The first-order valence-electron chi connectivity index (χ1n) is 62.5. The third-order valence-corrected chi connectivity index (χ3v) is 55.7. The van der Waals surface area contributed by atoms with E-state index >= 15 is 0 Å². The van der Waals surface area contributed by atoms with Crippen LogP contribution in [-0.4, -0.2) is 116 Å². The zero-order chi connectivity index (χ0) is 99.9. The molecule has 0 radical (unpaired) electrons. The van der Waals surface area contributed by atoms with Crippen molar-refractivity contribution in [2.75, 3.05) is 104 Å². The van der Waals surface area contributed by atoms with Crippen LogP contribution in [0.4, 0.5) is 0 Å². The number of hydrogen-bond donors (Lipinski definition) is 0. The van der Waals surface area contributed by atoms with Gasteiger partial charge in [0.25, 0.3) is 0 Å². The maximum absolute atomic E-state index is 5.21. The molecule has 0 heterocycles. The molecule has 12 saturated carbocycles. The van der Waals surface area contributed by atoms with Gasteiger partial charge in [0.2, 0.25) is 0 Å². The quantitative estimate of drug-likeness (QED) is 0.0209. The number of hydrogen-bond acceptors (Lipinski definition) is 0. The predicted octanol–water partition coefficient (Wildman–Crippen LogP) is 41.8. The summed E-state index contributed by atoms with van der Waals surface area (Å²) in [4.78, 5) is 0. The molecule has 12 aliphatic rings. The Kier molecular flexibility index (Phi) is 67.1. The van der Waals surface area contributed by atoms with Gasteiger partial charge in [-0.15, -0.1) is 39.6 Å². The van der Waals surface area contributed by atoms with Crippen molar-refractivity contribution < 1.29 is 34.1 Å². The summed E-state index contributed by atoms with van der Waals surface area (Å²) in [7, 11) is 0.285. The molecule has 0 amide bonds. The van der Waals surface area contributed by atoms with Gasteiger partial charge in [-0.05, 0) is 154 Å². The molecule has 0 bridgehead atoms. The Morgan fingerprint density at radius 1 is 0.185 bits per heavy atom. The van der Waals surface area contributed by atoms with E-state index in [1.54, 1.807) is 220 Å². The van der Waals surface area contributed by atoms with Crippen molar-refractivity contribution in [2.24, 2.45) is 65.1 Å². The van der Waals surface area contributed by atoms with Crippen LogP contribution in [0.25, 0.3) is 0 Å². The van der Waals surface area contributed by atoms with Gasteiger partial charge in [0.05, 0.1) is 0 Å². The van der Waals surface area contributed by atoms with Crippen LogP contribution in [0.2, 0.25) is 0 Å². The largest absolute Gasteiger partial charge is 2.00 e. The molecule has 0 aliphatic heterocycles. The molecule has 12 aliphatic carbocycles. The van der Waals surface area contributed by atoms with Gasteiger partial charge in [-0.2, -0.15) is 49.2 Å². The smallest absolute Gasteiger partial charge is 0.328 e. The molecule has 19 rings (SSSR count). The van der Waals surface area contributed by atoms with Gasteiger partial charge in [0.15, 0.2) is 0 Å². The van der Waals surface area contributed by atoms with E-state index in [4.69, 9.17) is 6.66 Å². The molecule has 0 aromatic heterocycles. The average molecular weight is 2170 g/mol. The van der Waals surface area contributed by atoms with Gasteiger partial charge < -0.3 is 21.0 Å². The minimum Gasteiger partial charge on any atom is -0.328 e. The molecular formula is C136H216B2Fe2P6. The Hall–Kier alpha value is -1.71. The zero-order valence-corrected chi connectivity index (χ0v) is 102. The van der Waals surface area contributed by atoms with E-state index in [1.165, 1.54) is 291 Å². The summed E-state index contributed by atoms with van der Waals surface area (Å²) >= 11 is 0. The van der Waals surface area contributed by atoms with Gasteiger partial charge in [-0.1, -0.05) is 619 Å². The van der Waals surface area contributed by atoms with Crippen LogP contribution < -0.4 is 10.9 Å². The monoisotopic (exact) mass is 2170 g/mol. The number of aryl methyl sites for hydroxylation is 4. The first-order valence-corrected chi connectivity index (χ1v) is 73.9. The van der Waals surface area contributed by atoms with Crippen LogP contribution in [0.1, 0.15) is 408 Å². The second-order valence-electron chi connectivity index (χ2n) is 50.2. The van der Waals surface area contributed by atoms with E-state index in [1.807, 2.05) is 120 Å². The normalized spacial score (nSPS) is 20.3. The summed E-state index contributed by atoms with van der Waals surface area (Å²) in [6.45, 7) is 13.5. The Bertz CT molecular complexity index is 3690. The molecule has 0 unspecified atom stereocenters. The van der Waals surface area contributed by atoms with Crippen molar-refractivity contribution in [2.45, 2.75) is 413 Å². The first-order chi connectivity index (χ1) is 70.9. The van der Waals surface area contributed by atoms with Crippen molar-refractivity contribution in [3.63, 3.8) is 0 Å². The fourth-order valence-corrected chi connectivity index (χ4v) is 53.8. The predicted molar refractivity (Wildman–Crippen MR) is 664 cm³/mol. The molecule has 7 aromatic carbocycles. The van der Waals surface area contributed by atoms with E-state index in [-0.39, 0.29) is 81.7 Å². The van der Waals surface area contributed by atoms with Crippen LogP contribution >= 0.6 is 47.5 Å². The van der Waals surface area contributed by atoms with Crippen molar-refractivity contribution in [1.29, 1.82) is 0 Å². The molecular weight excluding hydrogens is 1950 g/mol. The van der Waals surface area contributed by atoms with Crippen LogP contribution in [0.15, 0.2) is 218 Å². The topological polar surface area (TPSA) is 0 Å². The number of benzene rings is 7. The first kappa shape index (κ1) is 126. The average Bonchev–Trinajstić information content (AvgIpc) is 0.786. The molecule has 0 spiro atoms. The van der Waals surface area contributed by atoms with Crippen LogP contribution in [0.3, 0.4) is 0 Å². The standard InChI is InChI=1S/C51H89BP3.C45H78BP3.4C7H8.C6H11.C6H6.2Fe/c1-8-22-45(23-9-1)36-53(37-46-24-10-2-11-25-46)42-52(51-34-20-7-21-35-51,43-54(38-47-26-12-3-13-27-47)39-48-28-14-4-15-29-48)44-55(40-49-30-16-5-17-31-49)41-50-32-18-6-19-33-50;1-47(32-40-20-8-2-9-21-40)37-46(45-30-18-7-19-31-45,38-48(33-41-22-10-3-11-23-41)34-42-24-12-4-13-25-42)39-49(35-43-26-14-5-15-27-43)36-44-28-16-6-17-29-44;4*1-7-5-3-2-4-6-7;2*1-2-4-6-5-3-1;;/h7,20-21,34-35,45-50H,1-6,8-19,22-33,36-44H2;7,18-19,30-31,40-44H,1-6,8-17,20-29,32-39H2;4*2-6H,1H3;1H,2-6H2;1-6H;;/q-1;-2;;;;;-1;;2*+2/t;47-;;;;;;;;/m.0......../s1. The van der Waals surface area contributed by atoms with Gasteiger partial charge in [-0.3, -0.25) is 0 Å². The second-order valence-corrected chi connectivity index (χ2v) is 64.4. The second kappa shape index (κ2) is 77.6. The molecule has 1 atom stereocenters. The zero-order valence-electron chi connectivity index (χ0n) is 94.4. The minimum atomic E-state index is -0.581. The summed E-state index contributed by atoms with van der Waals surface area (Å²) in [5.74, 6) is 11.5. The van der Waals surface area contributed by atoms with Gasteiger partial charge in [-0.25, -0.2) is 10.9 Å². The minimum absolute atomic E-state index is 0. The molecule has 0 saturated heterocycles. The Morgan fingerprint density at radius 2 is 0.322 bits per heavy atom. The number of rotatable bonds is 36. The Morgan fingerprint density at radius 3 is 0.459 bits per heavy atom. The molecule has 10 heteroatoms. The molecule has 146 heavy (non-hydrogen) atoms. The van der Waals surface area contributed by atoms with Crippen molar-refractivity contribution in [3.8, 4) is 0 Å². The van der Waals surface area contributed by atoms with Crippen LogP contribution in [-0.2, 0) is 34.1 Å². The van der Waals surface area contributed by atoms with Gasteiger partial charge in [0, 0.05) is 12.3 Å². The Labute approximate surface area is 933 Å². The van der Waals surface area contributed by atoms with Crippen LogP contribution in [0.5, 0.6) is 0 Å². The van der Waals surface area contributed by atoms with E-state index < -0.39 is 12.3 Å². The Balaban J connectivity index is 0.000000213. The van der Waals surface area contributed by atoms with E-state index in [2.05, 4.69) is 143 Å². The third-order valence-electron chi connectivity index (χ3n) is 37.1. The molecule has 812 valence electrons. The molecule has 0 N–H and O–H groups in total. The molecule has 0 nitrogen and oxygen atoms in total. The molecule has 7 aromatic rings. The SMILES string of the molecule is Cc1ccccc1.Cc1ccccc1.Cc1ccccc1.Cc1ccccc1.[CH-]1CCCCC1.[CH2-][P@@](CC1CCCCC1)C[B-](CP(CC1CCCCC1)CC1CCCCC1)(CP(CC1CCCCC1)CC1CCCCC1)c1ccccc1.[Fe+2].[Fe+2].c1ccc([B-](CP(CC2CCCCC2)CC2CCCCC2)(CP(CC2CCCCC2)CC2CCCCC2)CP(CC2CCCCC2)CC2CCCCC2)cc1.c1ccccc1. The van der Waals surface area contributed by atoms with Gasteiger partial charge in [0.1, 0.15) is 0 Å². The molecule has 12 fully saturated rings. The maximum atomic E-state index is 5.21. The van der Waals surface area contributed by atoms with E-state index in [0.717, 1.165) is 65.1 Å². The fourth-order valence-electron chi connectivity index (χ4n) is 29.4. The summed E-state index contributed by atoms with van der Waals surface area (Å²) in [5.41, 5.74) is 9.04.